The van der Waals surface area contributed by atoms with Crippen LogP contribution in [-0.2, 0) is 26.3 Å². The van der Waals surface area contributed by atoms with Gasteiger partial charge < -0.3 is 4.90 Å². The fourth-order valence-corrected chi connectivity index (χ4v) is 7.07. The Morgan fingerprint density at radius 1 is 1.05 bits per heavy atom. The monoisotopic (exact) mass is 606 g/mol. The zero-order chi connectivity index (χ0) is 30.7. The number of hydrogen-bond donors (Lipinski definition) is 2. The van der Waals surface area contributed by atoms with Gasteiger partial charge >= 0.3 is 0 Å². The maximum absolute atomic E-state index is 14.3. The lowest BCUT2D eigenvalue weighted by Crippen LogP contribution is -2.59. The second-order valence-corrected chi connectivity index (χ2v) is 12.9. The van der Waals surface area contributed by atoms with Crippen LogP contribution >= 0.6 is 0 Å². The Labute approximate surface area is 250 Å². The first-order valence-electron chi connectivity index (χ1n) is 14.1. The van der Waals surface area contributed by atoms with E-state index in [9.17, 15) is 28.1 Å². The summed E-state index contributed by atoms with van der Waals surface area (Å²) < 4.78 is 27.4. The summed E-state index contributed by atoms with van der Waals surface area (Å²) in [5, 5.41) is 12.0. The molecule has 1 heterocycles. The fourth-order valence-electron chi connectivity index (χ4n) is 6.25. The summed E-state index contributed by atoms with van der Waals surface area (Å²) >= 11 is 0. The van der Waals surface area contributed by atoms with E-state index < -0.39 is 44.9 Å². The minimum Gasteiger partial charge on any atom is -0.326 e. The number of amides is 2. The molecule has 0 saturated heterocycles. The van der Waals surface area contributed by atoms with Crippen molar-refractivity contribution in [3.05, 3.63) is 111 Å². The molecule has 0 aromatic heterocycles. The number of hydrogen-bond acceptors (Lipinski definition) is 7. The molecule has 1 aliphatic carbocycles. The number of nitrogens with one attached hydrogen (secondary N) is 2. The number of fused-ring (bicyclic) bond motifs is 1. The van der Waals surface area contributed by atoms with E-state index in [-0.39, 0.29) is 18.2 Å². The predicted molar refractivity (Wildman–Crippen MR) is 159 cm³/mol. The lowest BCUT2D eigenvalue weighted by atomic mass is 9.76. The van der Waals surface area contributed by atoms with Gasteiger partial charge in [-0.1, -0.05) is 73.5 Å². The Morgan fingerprint density at radius 3 is 2.47 bits per heavy atom. The van der Waals surface area contributed by atoms with Gasteiger partial charge in [0.2, 0.25) is 10.0 Å². The Hall–Kier alpha value is -4.13. The van der Waals surface area contributed by atoms with E-state index in [4.69, 9.17) is 4.84 Å². The molecule has 0 bridgehead atoms. The third-order valence-electron chi connectivity index (χ3n) is 8.14. The van der Waals surface area contributed by atoms with Crippen molar-refractivity contribution in [3.8, 4) is 0 Å². The number of sulfonamides is 1. The van der Waals surface area contributed by atoms with Crippen LogP contribution in [0.4, 0.5) is 5.69 Å². The van der Waals surface area contributed by atoms with Crippen LogP contribution in [0.2, 0.25) is 0 Å². The molecule has 1 fully saturated rings. The molecule has 0 spiro atoms. The maximum Gasteiger partial charge on any atom is 0.272 e. The molecule has 43 heavy (non-hydrogen) atoms. The first-order valence-corrected chi connectivity index (χ1v) is 16.0. The minimum atomic E-state index is -3.62. The van der Waals surface area contributed by atoms with Crippen molar-refractivity contribution in [1.29, 1.82) is 0 Å². The van der Waals surface area contributed by atoms with Crippen LogP contribution in [0.1, 0.15) is 70.3 Å². The van der Waals surface area contributed by atoms with Crippen molar-refractivity contribution in [2.45, 2.75) is 63.3 Å². The number of benzene rings is 3. The number of nitro groups is 1. The largest absolute Gasteiger partial charge is 0.326 e. The Balaban J connectivity index is 1.63. The number of carbonyl (C=O) groups is 2. The number of aryl methyl sites for hydroxylation is 1. The molecule has 1 unspecified atom stereocenters. The molecular formula is C31H34N4O7S. The summed E-state index contributed by atoms with van der Waals surface area (Å²) in [6.45, 7) is 1.73. The van der Waals surface area contributed by atoms with Crippen LogP contribution in [-0.4, -0.2) is 48.4 Å². The van der Waals surface area contributed by atoms with Crippen LogP contribution in [0.25, 0.3) is 0 Å². The third-order valence-corrected chi connectivity index (χ3v) is 8.87. The zero-order valence-corrected chi connectivity index (χ0v) is 24.8. The SMILES string of the molecule is Cc1ccc([C@H]2[C@H](C(=O)NOCc3ccccc3)c3ccccc3C(=O)N2C2CCCC[C@@H]2NS(C)(=O)=O)cc1[N+](=O)[O-]. The standard InChI is InChI=1S/C31H34N4O7S/c1-20-16-17-22(18-27(20)35(38)39)29-28(30(36)32-42-19-21-10-4-3-5-11-21)23-12-6-7-13-24(23)31(37)34(29)26-15-9-8-14-25(26)33-43(2,40)41/h3-7,10-13,16-18,25-26,28-29,33H,8-9,14-15,19H2,1-2H3,(H,32,36)/t25-,26?,28+,29-/m0/s1. The Kier molecular flexibility index (Phi) is 8.90. The smallest absolute Gasteiger partial charge is 0.272 e. The van der Waals surface area contributed by atoms with Gasteiger partial charge in [0.05, 0.1) is 29.7 Å². The first-order chi connectivity index (χ1) is 20.5. The number of carbonyl (C=O) groups excluding carboxylic acids is 2. The molecule has 4 atom stereocenters. The van der Waals surface area contributed by atoms with E-state index in [1.54, 1.807) is 48.2 Å². The average molecular weight is 607 g/mol. The third kappa shape index (κ3) is 6.61. The Morgan fingerprint density at radius 2 is 1.74 bits per heavy atom. The summed E-state index contributed by atoms with van der Waals surface area (Å²) in [5.74, 6) is -1.91. The number of hydroxylamine groups is 1. The van der Waals surface area contributed by atoms with Crippen LogP contribution in [0, 0.1) is 17.0 Å². The summed E-state index contributed by atoms with van der Waals surface area (Å²) in [6.07, 6.45) is 3.58. The van der Waals surface area contributed by atoms with Gasteiger partial charge in [0.15, 0.2) is 0 Å². The normalized spacial score (nSPS) is 22.1. The molecule has 11 nitrogen and oxygen atoms in total. The van der Waals surface area contributed by atoms with Gasteiger partial charge in [0, 0.05) is 29.3 Å². The van der Waals surface area contributed by atoms with Gasteiger partial charge in [0.1, 0.15) is 0 Å². The average Bonchev–Trinajstić information content (AvgIpc) is 2.97. The van der Waals surface area contributed by atoms with Crippen LogP contribution in [0.5, 0.6) is 0 Å². The molecule has 1 aliphatic heterocycles. The van der Waals surface area contributed by atoms with Crippen molar-refractivity contribution >= 4 is 27.5 Å². The summed E-state index contributed by atoms with van der Waals surface area (Å²) in [5.41, 5.74) is 4.86. The molecular weight excluding hydrogens is 572 g/mol. The van der Waals surface area contributed by atoms with Gasteiger partial charge in [0.25, 0.3) is 17.5 Å². The molecule has 3 aromatic carbocycles. The minimum absolute atomic E-state index is 0.104. The van der Waals surface area contributed by atoms with E-state index in [1.807, 2.05) is 30.3 Å². The van der Waals surface area contributed by atoms with Crippen LogP contribution in [0.15, 0.2) is 72.8 Å². The van der Waals surface area contributed by atoms with Gasteiger partial charge in [-0.25, -0.2) is 18.6 Å². The van der Waals surface area contributed by atoms with Crippen LogP contribution < -0.4 is 10.2 Å². The molecule has 2 amide bonds. The van der Waals surface area contributed by atoms with E-state index in [2.05, 4.69) is 10.2 Å². The van der Waals surface area contributed by atoms with Gasteiger partial charge in [-0.15, -0.1) is 0 Å². The zero-order valence-electron chi connectivity index (χ0n) is 23.9. The molecule has 226 valence electrons. The highest BCUT2D eigenvalue weighted by Crippen LogP contribution is 2.46. The summed E-state index contributed by atoms with van der Waals surface area (Å²) in [4.78, 5) is 47.0. The molecule has 1 saturated carbocycles. The molecule has 2 N–H and O–H groups in total. The highest BCUT2D eigenvalue weighted by atomic mass is 32.2. The highest BCUT2D eigenvalue weighted by molar-refractivity contribution is 7.88. The van der Waals surface area contributed by atoms with E-state index in [0.29, 0.717) is 35.1 Å². The molecule has 5 rings (SSSR count). The molecule has 2 aliphatic rings. The van der Waals surface area contributed by atoms with Crippen molar-refractivity contribution in [3.63, 3.8) is 0 Å². The highest BCUT2D eigenvalue weighted by Gasteiger charge is 2.49. The van der Waals surface area contributed by atoms with E-state index in [1.165, 1.54) is 6.07 Å². The van der Waals surface area contributed by atoms with E-state index in [0.717, 1.165) is 24.7 Å². The first kappa shape index (κ1) is 30.3. The maximum atomic E-state index is 14.3. The van der Waals surface area contributed by atoms with E-state index >= 15 is 0 Å². The molecule has 12 heteroatoms. The lowest BCUT2D eigenvalue weighted by Gasteiger charge is -2.49. The number of rotatable bonds is 9. The van der Waals surface area contributed by atoms with Crippen molar-refractivity contribution < 1.29 is 27.8 Å². The van der Waals surface area contributed by atoms with Gasteiger partial charge in [-0.3, -0.25) is 24.5 Å². The summed E-state index contributed by atoms with van der Waals surface area (Å²) in [6, 6.07) is 18.6. The lowest BCUT2D eigenvalue weighted by molar-refractivity contribution is -0.385. The van der Waals surface area contributed by atoms with Gasteiger partial charge in [-0.2, -0.15) is 0 Å². The molecule has 3 aromatic rings. The second-order valence-electron chi connectivity index (χ2n) is 11.1. The van der Waals surface area contributed by atoms with Gasteiger partial charge in [-0.05, 0) is 42.5 Å². The van der Waals surface area contributed by atoms with Crippen LogP contribution in [0.3, 0.4) is 0 Å². The van der Waals surface area contributed by atoms with Crippen molar-refractivity contribution in [2.24, 2.45) is 0 Å². The molecule has 0 radical (unpaired) electrons. The quantitative estimate of drug-likeness (QED) is 0.273. The van der Waals surface area contributed by atoms with Crippen molar-refractivity contribution in [1.82, 2.24) is 15.1 Å². The topological polar surface area (TPSA) is 148 Å². The summed E-state index contributed by atoms with van der Waals surface area (Å²) in [7, 11) is -3.62. The van der Waals surface area contributed by atoms with Crippen molar-refractivity contribution in [2.75, 3.05) is 6.26 Å². The number of nitrogens with zero attached hydrogens (tertiary/aromatic N) is 2. The predicted octanol–water partition coefficient (Wildman–Crippen LogP) is 4.29. The Bertz CT molecular complexity index is 1630. The number of nitro benzene ring substituents is 1. The second kappa shape index (κ2) is 12.6. The fraction of sp³-hybridized carbons (Fsp3) is 0.355.